The predicted octanol–water partition coefficient (Wildman–Crippen LogP) is 1.85. The molecule has 1 aromatic carbocycles. The summed E-state index contributed by atoms with van der Waals surface area (Å²) in [5, 5.41) is 0.153. The molecule has 0 bridgehead atoms. The Bertz CT molecular complexity index is 555. The summed E-state index contributed by atoms with van der Waals surface area (Å²) >= 11 is 6.09. The van der Waals surface area contributed by atoms with Crippen molar-refractivity contribution >= 4 is 17.5 Å². The molecule has 0 atom stereocenters. The van der Waals surface area contributed by atoms with Crippen molar-refractivity contribution in [2.24, 2.45) is 5.73 Å². The lowest BCUT2D eigenvalue weighted by molar-refractivity contribution is -0.139. The minimum absolute atomic E-state index is 0.0344. The Morgan fingerprint density at radius 3 is 2.79 bits per heavy atom. The lowest BCUT2D eigenvalue weighted by Crippen LogP contribution is -2.57. The van der Waals surface area contributed by atoms with Crippen LogP contribution < -0.4 is 5.73 Å². The highest BCUT2D eigenvalue weighted by Gasteiger charge is 2.53. The Kier molecular flexibility index (Phi) is 2.84. The molecule has 2 aliphatic rings. The third-order valence-electron chi connectivity index (χ3n) is 4.39. The molecule has 1 amide bonds. The van der Waals surface area contributed by atoms with Crippen LogP contribution in [0.2, 0.25) is 5.02 Å². The van der Waals surface area contributed by atoms with E-state index in [-0.39, 0.29) is 17.0 Å². The Labute approximate surface area is 116 Å². The summed E-state index contributed by atoms with van der Waals surface area (Å²) in [5.41, 5.74) is 6.94. The molecule has 1 aliphatic carbocycles. The summed E-state index contributed by atoms with van der Waals surface area (Å²) in [6.45, 7) is 0.562. The lowest BCUT2D eigenvalue weighted by atomic mass is 9.60. The molecule has 3 rings (SSSR count). The van der Waals surface area contributed by atoms with E-state index in [1.54, 1.807) is 18.0 Å². The fourth-order valence-electron chi connectivity index (χ4n) is 3.38. The molecule has 1 spiro atoms. The van der Waals surface area contributed by atoms with E-state index < -0.39 is 11.2 Å². The first-order valence-electron chi connectivity index (χ1n) is 6.44. The maximum absolute atomic E-state index is 13.6. The first kappa shape index (κ1) is 12.9. The Morgan fingerprint density at radius 2 is 2.16 bits per heavy atom. The number of benzene rings is 1. The van der Waals surface area contributed by atoms with Crippen LogP contribution in [0.4, 0.5) is 4.39 Å². The Hall–Kier alpha value is -1.13. The zero-order valence-electron chi connectivity index (χ0n) is 10.7. The standard InChI is InChI=1S/C14H16ClFN2O/c1-18-5-4-9-10(2-3-11(16)12(9)15)14(13(18)19)6-8(17)7-14/h2-3,8H,4-7,17H2,1H3. The van der Waals surface area contributed by atoms with Gasteiger partial charge in [0.25, 0.3) is 0 Å². The minimum Gasteiger partial charge on any atom is -0.345 e. The minimum atomic E-state index is -0.586. The summed E-state index contributed by atoms with van der Waals surface area (Å²) in [5.74, 6) is -0.341. The Morgan fingerprint density at radius 1 is 1.47 bits per heavy atom. The van der Waals surface area contributed by atoms with E-state index in [9.17, 15) is 9.18 Å². The summed E-state index contributed by atoms with van der Waals surface area (Å²) in [7, 11) is 1.78. The van der Waals surface area contributed by atoms with Crippen molar-refractivity contribution in [3.63, 3.8) is 0 Å². The predicted molar refractivity (Wildman–Crippen MR) is 71.6 cm³/mol. The summed E-state index contributed by atoms with van der Waals surface area (Å²) in [6, 6.07) is 3.09. The summed E-state index contributed by atoms with van der Waals surface area (Å²) < 4.78 is 13.6. The molecule has 1 aliphatic heterocycles. The molecule has 0 aromatic heterocycles. The number of nitrogens with zero attached hydrogens (tertiary/aromatic N) is 1. The average molecular weight is 283 g/mol. The second-order valence-corrected chi connectivity index (χ2v) is 5.99. The van der Waals surface area contributed by atoms with Gasteiger partial charge in [-0.3, -0.25) is 4.79 Å². The van der Waals surface area contributed by atoms with Gasteiger partial charge in [0.2, 0.25) is 5.91 Å². The van der Waals surface area contributed by atoms with Crippen molar-refractivity contribution in [3.05, 3.63) is 34.1 Å². The topological polar surface area (TPSA) is 46.3 Å². The number of hydrogen-bond donors (Lipinski definition) is 1. The van der Waals surface area contributed by atoms with E-state index in [2.05, 4.69) is 0 Å². The smallest absolute Gasteiger partial charge is 0.233 e. The van der Waals surface area contributed by atoms with Gasteiger partial charge in [-0.2, -0.15) is 0 Å². The van der Waals surface area contributed by atoms with Gasteiger partial charge in [0.1, 0.15) is 5.82 Å². The molecule has 1 saturated carbocycles. The lowest BCUT2D eigenvalue weighted by Gasteiger charge is -2.46. The number of likely N-dealkylation sites (N-methyl/N-ethyl adjacent to an activating group) is 1. The third-order valence-corrected chi connectivity index (χ3v) is 4.79. The second kappa shape index (κ2) is 4.18. The van der Waals surface area contributed by atoms with E-state index in [4.69, 9.17) is 17.3 Å². The monoisotopic (exact) mass is 282 g/mol. The molecule has 0 unspecified atom stereocenters. The molecule has 19 heavy (non-hydrogen) atoms. The van der Waals surface area contributed by atoms with Gasteiger partial charge in [0.05, 0.1) is 10.4 Å². The molecule has 5 heteroatoms. The van der Waals surface area contributed by atoms with E-state index in [0.29, 0.717) is 25.8 Å². The first-order valence-corrected chi connectivity index (χ1v) is 6.82. The third kappa shape index (κ3) is 1.70. The van der Waals surface area contributed by atoms with Crippen molar-refractivity contribution in [3.8, 4) is 0 Å². The van der Waals surface area contributed by atoms with Crippen LogP contribution in [-0.2, 0) is 16.6 Å². The zero-order chi connectivity index (χ0) is 13.8. The number of amides is 1. The highest BCUT2D eigenvalue weighted by Crippen LogP contribution is 2.48. The van der Waals surface area contributed by atoms with Crippen molar-refractivity contribution in [1.29, 1.82) is 0 Å². The van der Waals surface area contributed by atoms with E-state index in [1.807, 2.05) is 0 Å². The van der Waals surface area contributed by atoms with E-state index in [1.165, 1.54) is 6.07 Å². The highest BCUT2D eigenvalue weighted by molar-refractivity contribution is 6.31. The average Bonchev–Trinajstić information content (AvgIpc) is 2.44. The van der Waals surface area contributed by atoms with Gasteiger partial charge < -0.3 is 10.6 Å². The van der Waals surface area contributed by atoms with Crippen molar-refractivity contribution < 1.29 is 9.18 Å². The van der Waals surface area contributed by atoms with Gasteiger partial charge in [0, 0.05) is 19.6 Å². The van der Waals surface area contributed by atoms with Crippen LogP contribution in [0.1, 0.15) is 24.0 Å². The van der Waals surface area contributed by atoms with Gasteiger partial charge in [-0.1, -0.05) is 17.7 Å². The summed E-state index contributed by atoms with van der Waals surface area (Å²) in [6.07, 6.45) is 1.82. The van der Waals surface area contributed by atoms with Crippen LogP contribution in [0, 0.1) is 5.82 Å². The largest absolute Gasteiger partial charge is 0.345 e. The van der Waals surface area contributed by atoms with Gasteiger partial charge in [0.15, 0.2) is 0 Å². The van der Waals surface area contributed by atoms with Crippen LogP contribution in [-0.4, -0.2) is 30.4 Å². The molecule has 1 heterocycles. The molecule has 1 fully saturated rings. The fraction of sp³-hybridized carbons (Fsp3) is 0.500. The molecule has 0 saturated heterocycles. The molecular weight excluding hydrogens is 267 g/mol. The molecule has 0 radical (unpaired) electrons. The molecule has 1 aromatic rings. The summed E-state index contributed by atoms with van der Waals surface area (Å²) in [4.78, 5) is 14.3. The highest BCUT2D eigenvalue weighted by atomic mass is 35.5. The number of rotatable bonds is 0. The van der Waals surface area contributed by atoms with Crippen LogP contribution in [0.3, 0.4) is 0 Å². The van der Waals surface area contributed by atoms with Gasteiger partial charge in [-0.15, -0.1) is 0 Å². The first-order chi connectivity index (χ1) is 8.95. The SMILES string of the molecule is CN1CCc2c(ccc(F)c2Cl)C2(CC(N)C2)C1=O. The normalized spacial score (nSPS) is 30.0. The van der Waals surface area contributed by atoms with Crippen molar-refractivity contribution in [1.82, 2.24) is 4.90 Å². The number of nitrogens with two attached hydrogens (primary N) is 1. The number of carbonyl (C=O) groups is 1. The fourth-order valence-corrected chi connectivity index (χ4v) is 3.64. The van der Waals surface area contributed by atoms with E-state index >= 15 is 0 Å². The number of halogens is 2. The van der Waals surface area contributed by atoms with Gasteiger partial charge in [-0.05, 0) is 36.5 Å². The molecule has 3 nitrogen and oxygen atoms in total. The van der Waals surface area contributed by atoms with Crippen molar-refractivity contribution in [2.75, 3.05) is 13.6 Å². The van der Waals surface area contributed by atoms with Crippen LogP contribution >= 0.6 is 11.6 Å². The van der Waals surface area contributed by atoms with E-state index in [0.717, 1.165) is 11.1 Å². The molecule has 2 N–H and O–H groups in total. The quantitative estimate of drug-likeness (QED) is 0.789. The van der Waals surface area contributed by atoms with Gasteiger partial charge in [-0.25, -0.2) is 4.39 Å². The van der Waals surface area contributed by atoms with Crippen molar-refractivity contribution in [2.45, 2.75) is 30.7 Å². The molecule has 102 valence electrons. The van der Waals surface area contributed by atoms with Crippen LogP contribution in [0.15, 0.2) is 12.1 Å². The zero-order valence-corrected chi connectivity index (χ0v) is 11.5. The van der Waals surface area contributed by atoms with Crippen LogP contribution in [0.5, 0.6) is 0 Å². The Balaban J connectivity index is 2.19. The second-order valence-electron chi connectivity index (χ2n) is 5.61. The molecular formula is C14H16ClFN2O. The number of hydrogen-bond acceptors (Lipinski definition) is 2. The number of fused-ring (bicyclic) bond motifs is 2. The number of carbonyl (C=O) groups excluding carboxylic acids is 1. The van der Waals surface area contributed by atoms with Gasteiger partial charge >= 0.3 is 0 Å². The van der Waals surface area contributed by atoms with Crippen LogP contribution in [0.25, 0.3) is 0 Å². The maximum Gasteiger partial charge on any atom is 0.233 e. The maximum atomic E-state index is 13.6.